The van der Waals surface area contributed by atoms with Crippen molar-refractivity contribution in [2.45, 2.75) is 32.9 Å². The molecule has 150 valence electrons. The third-order valence-corrected chi connectivity index (χ3v) is 4.05. The molecule has 1 aromatic carbocycles. The zero-order valence-electron chi connectivity index (χ0n) is 15.7. The van der Waals surface area contributed by atoms with Gasteiger partial charge < -0.3 is 25.6 Å². The number of aliphatic imine (C=N–C) groups is 1. The van der Waals surface area contributed by atoms with Crippen LogP contribution in [0.25, 0.3) is 0 Å². The van der Waals surface area contributed by atoms with Crippen LogP contribution in [0.5, 0.6) is 5.75 Å². The molecule has 0 aliphatic carbocycles. The minimum Gasteiger partial charge on any atom is -0.433 e. The number of nitrogens with one attached hydrogen (secondary N) is 3. The highest BCUT2D eigenvalue weighted by atomic mass is 19.3. The summed E-state index contributed by atoms with van der Waals surface area (Å²) >= 11 is 0. The largest absolute Gasteiger partial charge is 0.433 e. The van der Waals surface area contributed by atoms with Crippen molar-refractivity contribution in [1.29, 1.82) is 0 Å². The first-order valence-electron chi connectivity index (χ1n) is 9.07. The lowest BCUT2D eigenvalue weighted by atomic mass is 10.2. The van der Waals surface area contributed by atoms with Gasteiger partial charge in [0.05, 0.1) is 12.2 Å². The summed E-state index contributed by atoms with van der Waals surface area (Å²) in [7, 11) is 0. The third-order valence-electron chi connectivity index (χ3n) is 4.05. The lowest BCUT2D eigenvalue weighted by Crippen LogP contribution is -2.45. The first kappa shape index (κ1) is 20.7. The minimum absolute atomic E-state index is 0.0840. The van der Waals surface area contributed by atoms with Gasteiger partial charge in [-0.3, -0.25) is 9.79 Å². The Morgan fingerprint density at radius 2 is 2.15 bits per heavy atom. The number of amides is 1. The van der Waals surface area contributed by atoms with E-state index in [0.717, 1.165) is 13.0 Å². The van der Waals surface area contributed by atoms with E-state index in [4.69, 9.17) is 0 Å². The molecule has 0 saturated carbocycles. The first-order valence-corrected chi connectivity index (χ1v) is 9.07. The van der Waals surface area contributed by atoms with Crippen LogP contribution in [0.3, 0.4) is 0 Å². The van der Waals surface area contributed by atoms with Crippen LogP contribution in [0, 0.1) is 0 Å². The third kappa shape index (κ3) is 6.92. The fraction of sp³-hybridized carbons (Fsp3) is 0.556. The number of carbonyl (C=O) groups excluding carboxylic acids is 1. The fourth-order valence-electron chi connectivity index (χ4n) is 2.92. The van der Waals surface area contributed by atoms with Gasteiger partial charge in [-0.1, -0.05) is 12.1 Å². The Kier molecular flexibility index (Phi) is 8.09. The number of halogens is 2. The van der Waals surface area contributed by atoms with E-state index in [1.165, 1.54) is 6.92 Å². The maximum Gasteiger partial charge on any atom is 0.387 e. The minimum atomic E-state index is -2.85. The van der Waals surface area contributed by atoms with Gasteiger partial charge in [0, 0.05) is 39.1 Å². The summed E-state index contributed by atoms with van der Waals surface area (Å²) < 4.78 is 29.9. The van der Waals surface area contributed by atoms with Crippen LogP contribution >= 0.6 is 0 Å². The molecule has 1 amide bonds. The smallest absolute Gasteiger partial charge is 0.387 e. The van der Waals surface area contributed by atoms with Crippen molar-refractivity contribution in [1.82, 2.24) is 16.0 Å². The van der Waals surface area contributed by atoms with Crippen LogP contribution in [-0.4, -0.2) is 57.2 Å². The number of ether oxygens (including phenoxy) is 1. The highest BCUT2D eigenvalue weighted by molar-refractivity contribution is 5.80. The Morgan fingerprint density at radius 3 is 2.85 bits per heavy atom. The number of benzene rings is 1. The van der Waals surface area contributed by atoms with Gasteiger partial charge in [-0.15, -0.1) is 0 Å². The van der Waals surface area contributed by atoms with E-state index < -0.39 is 6.61 Å². The molecule has 1 aliphatic heterocycles. The van der Waals surface area contributed by atoms with Crippen molar-refractivity contribution in [2.75, 3.05) is 37.6 Å². The van der Waals surface area contributed by atoms with Crippen LogP contribution in [-0.2, 0) is 4.79 Å². The van der Waals surface area contributed by atoms with Crippen LogP contribution in [0.1, 0.15) is 20.3 Å². The molecule has 27 heavy (non-hydrogen) atoms. The topological polar surface area (TPSA) is 78.0 Å². The lowest BCUT2D eigenvalue weighted by Gasteiger charge is -2.22. The van der Waals surface area contributed by atoms with E-state index in [1.54, 1.807) is 18.2 Å². The summed E-state index contributed by atoms with van der Waals surface area (Å²) in [5.74, 6) is 0.773. The first-order chi connectivity index (χ1) is 13.0. The molecule has 0 radical (unpaired) electrons. The van der Waals surface area contributed by atoms with Gasteiger partial charge in [-0.2, -0.15) is 8.78 Å². The zero-order chi connectivity index (χ0) is 19.6. The molecule has 1 saturated heterocycles. The zero-order valence-corrected chi connectivity index (χ0v) is 15.7. The van der Waals surface area contributed by atoms with Gasteiger partial charge in [0.15, 0.2) is 5.96 Å². The van der Waals surface area contributed by atoms with E-state index in [2.05, 4.69) is 25.7 Å². The second kappa shape index (κ2) is 10.5. The van der Waals surface area contributed by atoms with Gasteiger partial charge in [0.2, 0.25) is 5.91 Å². The molecular formula is C18H27F2N5O2. The summed E-state index contributed by atoms with van der Waals surface area (Å²) in [6, 6.07) is 6.95. The molecule has 9 heteroatoms. The van der Waals surface area contributed by atoms with Crippen molar-refractivity contribution < 1.29 is 18.3 Å². The number of alkyl halides is 2. The predicted octanol–water partition coefficient (Wildman–Crippen LogP) is 1.56. The number of nitrogens with zero attached hydrogens (tertiary/aromatic N) is 2. The number of hydrogen-bond acceptors (Lipinski definition) is 4. The van der Waals surface area contributed by atoms with E-state index in [1.807, 2.05) is 17.9 Å². The average Bonchev–Trinajstić information content (AvgIpc) is 3.07. The SMILES string of the molecule is CCNC(=NCCNC(C)=O)NC1CCN(c2ccccc2OC(F)F)C1. The second-order valence-electron chi connectivity index (χ2n) is 6.17. The normalized spacial score (nSPS) is 17.1. The summed E-state index contributed by atoms with van der Waals surface area (Å²) in [5, 5.41) is 9.24. The number of guanidine groups is 1. The summed E-state index contributed by atoms with van der Waals surface area (Å²) in [6.07, 6.45) is 0.846. The molecule has 7 nitrogen and oxygen atoms in total. The van der Waals surface area contributed by atoms with Gasteiger partial charge in [-0.25, -0.2) is 0 Å². The number of anilines is 1. The van der Waals surface area contributed by atoms with Gasteiger partial charge in [0.25, 0.3) is 0 Å². The van der Waals surface area contributed by atoms with Crippen LogP contribution in [0.4, 0.5) is 14.5 Å². The second-order valence-corrected chi connectivity index (χ2v) is 6.17. The highest BCUT2D eigenvalue weighted by Gasteiger charge is 2.26. The molecule has 1 heterocycles. The van der Waals surface area contributed by atoms with Crippen LogP contribution in [0.2, 0.25) is 0 Å². The molecular weight excluding hydrogens is 356 g/mol. The molecule has 3 N–H and O–H groups in total. The van der Waals surface area contributed by atoms with Crippen molar-refractivity contribution in [2.24, 2.45) is 4.99 Å². The fourth-order valence-corrected chi connectivity index (χ4v) is 2.92. The maximum atomic E-state index is 12.6. The molecule has 0 aromatic heterocycles. The van der Waals surface area contributed by atoms with E-state index >= 15 is 0 Å². The summed E-state index contributed by atoms with van der Waals surface area (Å²) in [6.45, 7) is 3.63. The Morgan fingerprint density at radius 1 is 1.37 bits per heavy atom. The van der Waals surface area contributed by atoms with E-state index in [9.17, 15) is 13.6 Å². The molecule has 0 spiro atoms. The molecule has 1 fully saturated rings. The van der Waals surface area contributed by atoms with Gasteiger partial charge >= 0.3 is 6.61 Å². The quantitative estimate of drug-likeness (QED) is 0.361. The van der Waals surface area contributed by atoms with Crippen molar-refractivity contribution in [3.63, 3.8) is 0 Å². The predicted molar refractivity (Wildman–Crippen MR) is 101 cm³/mol. The number of rotatable bonds is 8. The molecule has 1 atom stereocenters. The molecule has 1 aliphatic rings. The average molecular weight is 383 g/mol. The number of carbonyl (C=O) groups is 1. The Labute approximate surface area is 158 Å². The summed E-state index contributed by atoms with van der Waals surface area (Å²) in [5.41, 5.74) is 0.662. The van der Waals surface area contributed by atoms with Crippen molar-refractivity contribution >= 4 is 17.6 Å². The van der Waals surface area contributed by atoms with Crippen LogP contribution in [0.15, 0.2) is 29.3 Å². The number of para-hydroxylation sites is 2. The molecule has 0 bridgehead atoms. The Balaban J connectivity index is 1.94. The molecule has 1 unspecified atom stereocenters. The van der Waals surface area contributed by atoms with Crippen LogP contribution < -0.4 is 25.6 Å². The summed E-state index contributed by atoms with van der Waals surface area (Å²) in [4.78, 5) is 17.4. The molecule has 1 aromatic rings. The lowest BCUT2D eigenvalue weighted by molar-refractivity contribution is -0.118. The standard InChI is InChI=1S/C18H27F2N5O2/c1-3-21-18(23-10-9-22-13(2)26)24-14-8-11-25(12-14)15-6-4-5-7-16(15)27-17(19)20/h4-7,14,17H,3,8-12H2,1-2H3,(H,22,26)(H2,21,23,24). The monoisotopic (exact) mass is 383 g/mol. The Bertz CT molecular complexity index is 642. The maximum absolute atomic E-state index is 12.6. The van der Waals surface area contributed by atoms with E-state index in [0.29, 0.717) is 37.8 Å². The van der Waals surface area contributed by atoms with Crippen molar-refractivity contribution in [3.05, 3.63) is 24.3 Å². The van der Waals surface area contributed by atoms with Gasteiger partial charge in [0.1, 0.15) is 5.75 Å². The number of hydrogen-bond donors (Lipinski definition) is 3. The van der Waals surface area contributed by atoms with Crippen molar-refractivity contribution in [3.8, 4) is 5.75 Å². The van der Waals surface area contributed by atoms with E-state index in [-0.39, 0.29) is 17.7 Å². The molecule has 2 rings (SSSR count). The highest BCUT2D eigenvalue weighted by Crippen LogP contribution is 2.31. The Hall–Kier alpha value is -2.58. The van der Waals surface area contributed by atoms with Gasteiger partial charge in [-0.05, 0) is 25.5 Å².